The van der Waals surface area contributed by atoms with Crippen molar-refractivity contribution in [2.75, 3.05) is 20.8 Å². The molecule has 266 valence electrons. The number of carbonyl (C=O) groups is 1. The van der Waals surface area contributed by atoms with Crippen LogP contribution in [0.15, 0.2) is 152 Å². The van der Waals surface area contributed by atoms with Crippen molar-refractivity contribution in [3.05, 3.63) is 179 Å². The Kier molecular flexibility index (Phi) is 15.4. The number of esters is 1. The zero-order valence-corrected chi connectivity index (χ0v) is 29.1. The molecule has 51 heavy (non-hydrogen) atoms. The van der Waals surface area contributed by atoms with Crippen LogP contribution >= 0.6 is 0 Å². The van der Waals surface area contributed by atoms with Crippen LogP contribution in [-0.2, 0) is 59.6 Å². The van der Waals surface area contributed by atoms with Gasteiger partial charge >= 0.3 is 5.97 Å². The van der Waals surface area contributed by atoms with Crippen LogP contribution in [0.4, 0.5) is 0 Å². The number of benzene rings is 5. The highest BCUT2D eigenvalue weighted by Gasteiger charge is 2.44. The third kappa shape index (κ3) is 12.0. The largest absolute Gasteiger partial charge is 0.453 e. The van der Waals surface area contributed by atoms with Gasteiger partial charge in [-0.2, -0.15) is 0 Å². The van der Waals surface area contributed by atoms with E-state index in [9.17, 15) is 4.79 Å². The Morgan fingerprint density at radius 1 is 0.471 bits per heavy atom. The normalized spacial score (nSPS) is 13.7. The Balaban J connectivity index is 1.54. The van der Waals surface area contributed by atoms with E-state index in [0.29, 0.717) is 12.2 Å². The first kappa shape index (κ1) is 37.6. The molecule has 0 aromatic heterocycles. The minimum absolute atomic E-state index is 0.00809. The number of hydrogen-bond donors (Lipinski definition) is 0. The van der Waals surface area contributed by atoms with Crippen molar-refractivity contribution in [3.8, 4) is 0 Å². The molecule has 0 unspecified atom stereocenters. The number of ether oxygens (including phenoxy) is 7. The van der Waals surface area contributed by atoms with Gasteiger partial charge in [0.2, 0.25) is 0 Å². The van der Waals surface area contributed by atoms with Crippen LogP contribution in [0.1, 0.15) is 32.6 Å². The van der Waals surface area contributed by atoms with E-state index in [-0.39, 0.29) is 26.4 Å². The van der Waals surface area contributed by atoms with E-state index in [0.717, 1.165) is 22.3 Å². The fourth-order valence-electron chi connectivity index (χ4n) is 5.63. The summed E-state index contributed by atoms with van der Waals surface area (Å²) in [4.78, 5) is 13.7. The van der Waals surface area contributed by atoms with Crippen molar-refractivity contribution in [3.63, 3.8) is 0 Å². The lowest BCUT2D eigenvalue weighted by atomic mass is 10.0. The molecule has 5 aromatic rings. The lowest BCUT2D eigenvalue weighted by Crippen LogP contribution is -2.55. The molecule has 0 aliphatic heterocycles. The maximum Gasteiger partial charge on any atom is 0.338 e. The van der Waals surface area contributed by atoms with Crippen molar-refractivity contribution in [1.29, 1.82) is 0 Å². The van der Waals surface area contributed by atoms with Crippen LogP contribution in [0.5, 0.6) is 0 Å². The van der Waals surface area contributed by atoms with Crippen LogP contribution in [0.2, 0.25) is 0 Å². The van der Waals surface area contributed by atoms with Gasteiger partial charge in [-0.3, -0.25) is 0 Å². The molecule has 0 fully saturated rings. The molecule has 0 bridgehead atoms. The summed E-state index contributed by atoms with van der Waals surface area (Å²) in [5, 5.41) is 0. The molecule has 0 saturated carbocycles. The fourth-order valence-corrected chi connectivity index (χ4v) is 5.63. The summed E-state index contributed by atoms with van der Waals surface area (Å²) in [6.07, 6.45) is -4.43. The zero-order valence-electron chi connectivity index (χ0n) is 29.1. The predicted molar refractivity (Wildman–Crippen MR) is 195 cm³/mol. The van der Waals surface area contributed by atoms with Crippen molar-refractivity contribution in [2.45, 2.75) is 57.1 Å². The van der Waals surface area contributed by atoms with Crippen molar-refractivity contribution in [1.82, 2.24) is 0 Å². The Bertz CT molecular complexity index is 1650. The highest BCUT2D eigenvalue weighted by molar-refractivity contribution is 5.89. The van der Waals surface area contributed by atoms with Gasteiger partial charge < -0.3 is 33.2 Å². The topological polar surface area (TPSA) is 81.7 Å². The highest BCUT2D eigenvalue weighted by Crippen LogP contribution is 2.26. The lowest BCUT2D eigenvalue weighted by Gasteiger charge is -2.39. The van der Waals surface area contributed by atoms with Crippen LogP contribution in [0.3, 0.4) is 0 Å². The first-order valence-electron chi connectivity index (χ1n) is 17.0. The molecule has 8 nitrogen and oxygen atoms in total. The van der Waals surface area contributed by atoms with E-state index in [1.165, 1.54) is 0 Å². The molecule has 0 amide bonds. The minimum atomic E-state index is -0.942. The summed E-state index contributed by atoms with van der Waals surface area (Å²) >= 11 is 0. The summed E-state index contributed by atoms with van der Waals surface area (Å²) < 4.78 is 44.5. The molecule has 5 aromatic carbocycles. The van der Waals surface area contributed by atoms with Gasteiger partial charge in [0, 0.05) is 14.2 Å². The number of rotatable bonds is 21. The van der Waals surface area contributed by atoms with Crippen molar-refractivity contribution in [2.24, 2.45) is 0 Å². The summed E-state index contributed by atoms with van der Waals surface area (Å²) in [5.41, 5.74) is 4.20. The van der Waals surface area contributed by atoms with Gasteiger partial charge in [0.25, 0.3) is 0 Å². The number of methoxy groups -OCH3 is 2. The fraction of sp³-hybridized carbons (Fsp3) is 0.279. The SMILES string of the molecule is COC(OC)[C@H](OCc1ccccc1)[C@@H](OCc1ccccc1)[C@@H](OCc1ccccc1)[C@H](COCc1ccccc1)OC(=O)c1ccccc1. The molecule has 0 N–H and O–H groups in total. The van der Waals surface area contributed by atoms with Crippen LogP contribution in [-0.4, -0.2) is 57.5 Å². The standard InChI is InChI=1S/C43H46O8/c1-45-43(46-2)41(50-31-36-24-14-6-15-25-36)40(49-30-35-22-12-5-13-23-35)39(48-29-34-20-10-4-11-21-34)38(32-47-28-33-18-8-3-9-19-33)51-42(44)37-26-16-7-17-27-37/h3-27,38-41,43H,28-32H2,1-2H3/t38-,39-,40-,41+/m0/s1. The van der Waals surface area contributed by atoms with Crippen LogP contribution < -0.4 is 0 Å². The van der Waals surface area contributed by atoms with E-state index in [4.69, 9.17) is 33.2 Å². The molecule has 8 heteroatoms. The number of carbonyl (C=O) groups excluding carboxylic acids is 1. The van der Waals surface area contributed by atoms with E-state index >= 15 is 0 Å². The third-order valence-corrected chi connectivity index (χ3v) is 8.26. The first-order chi connectivity index (χ1) is 25.1. The van der Waals surface area contributed by atoms with Gasteiger partial charge in [-0.15, -0.1) is 0 Å². The van der Waals surface area contributed by atoms with E-state index in [2.05, 4.69) is 0 Å². The third-order valence-electron chi connectivity index (χ3n) is 8.26. The Morgan fingerprint density at radius 3 is 1.27 bits per heavy atom. The molecule has 0 radical (unpaired) electrons. The van der Waals surface area contributed by atoms with E-state index < -0.39 is 36.7 Å². The average molecular weight is 691 g/mol. The minimum Gasteiger partial charge on any atom is -0.453 e. The van der Waals surface area contributed by atoms with E-state index in [1.54, 1.807) is 38.5 Å². The Hall–Kier alpha value is -4.67. The van der Waals surface area contributed by atoms with Gasteiger partial charge in [-0.1, -0.05) is 140 Å². The Labute approximate surface area is 300 Å². The van der Waals surface area contributed by atoms with Crippen LogP contribution in [0.25, 0.3) is 0 Å². The molecule has 4 atom stereocenters. The van der Waals surface area contributed by atoms with E-state index in [1.807, 2.05) is 127 Å². The van der Waals surface area contributed by atoms with Crippen molar-refractivity contribution < 1.29 is 38.0 Å². The maximum atomic E-state index is 13.7. The second-order valence-corrected chi connectivity index (χ2v) is 11.9. The molecular formula is C43H46O8. The molecule has 0 aliphatic carbocycles. The Morgan fingerprint density at radius 2 is 0.843 bits per heavy atom. The maximum absolute atomic E-state index is 13.7. The van der Waals surface area contributed by atoms with Gasteiger partial charge in [0.1, 0.15) is 18.3 Å². The molecule has 0 saturated heterocycles. The lowest BCUT2D eigenvalue weighted by molar-refractivity contribution is -0.251. The molecule has 5 rings (SSSR count). The smallest absolute Gasteiger partial charge is 0.338 e. The summed E-state index contributed by atoms with van der Waals surface area (Å²) in [5.74, 6) is -0.518. The van der Waals surface area contributed by atoms with Gasteiger partial charge in [-0.05, 0) is 34.4 Å². The number of hydrogen-bond acceptors (Lipinski definition) is 8. The second-order valence-electron chi connectivity index (χ2n) is 11.9. The van der Waals surface area contributed by atoms with Gasteiger partial charge in [0.05, 0.1) is 38.6 Å². The predicted octanol–water partition coefficient (Wildman–Crippen LogP) is 7.80. The van der Waals surface area contributed by atoms with Gasteiger partial charge in [-0.25, -0.2) is 4.79 Å². The molecular weight excluding hydrogens is 644 g/mol. The second kappa shape index (κ2) is 20.9. The summed E-state index contributed by atoms with van der Waals surface area (Å²) in [6.45, 7) is 0.962. The average Bonchev–Trinajstić information content (AvgIpc) is 3.19. The van der Waals surface area contributed by atoms with Gasteiger partial charge in [0.15, 0.2) is 12.4 Å². The quantitative estimate of drug-likeness (QED) is 0.0570. The molecule has 0 aliphatic rings. The summed E-state index contributed by atoms with van der Waals surface area (Å²) in [6, 6.07) is 48.1. The zero-order chi connectivity index (χ0) is 35.5. The van der Waals surface area contributed by atoms with Crippen LogP contribution in [0, 0.1) is 0 Å². The summed E-state index contributed by atoms with van der Waals surface area (Å²) in [7, 11) is 3.11. The highest BCUT2D eigenvalue weighted by atomic mass is 16.7. The molecule has 0 heterocycles. The molecule has 0 spiro atoms. The van der Waals surface area contributed by atoms with Crippen molar-refractivity contribution >= 4 is 5.97 Å². The first-order valence-corrected chi connectivity index (χ1v) is 17.0. The monoisotopic (exact) mass is 690 g/mol.